The fourth-order valence-electron chi connectivity index (χ4n) is 2.99. The Balaban J connectivity index is 1.42. The maximum Gasteiger partial charge on any atom is 0.176 e. The lowest BCUT2D eigenvalue weighted by atomic mass is 10.2. The summed E-state index contributed by atoms with van der Waals surface area (Å²) in [6, 6.07) is 27.9. The molecule has 0 aliphatic heterocycles. The molecule has 0 saturated carbocycles. The molecule has 156 valence electrons. The number of rotatable bonds is 8. The highest BCUT2D eigenvalue weighted by Crippen LogP contribution is 2.25. The van der Waals surface area contributed by atoms with Crippen LogP contribution in [-0.2, 0) is 0 Å². The van der Waals surface area contributed by atoms with Gasteiger partial charge in [0, 0.05) is 23.2 Å². The summed E-state index contributed by atoms with van der Waals surface area (Å²) >= 11 is 0. The van der Waals surface area contributed by atoms with E-state index in [1.54, 1.807) is 12.4 Å². The smallest absolute Gasteiger partial charge is 0.176 e. The minimum atomic E-state index is 0.573. The van der Waals surface area contributed by atoms with Crippen molar-refractivity contribution in [1.29, 1.82) is 0 Å². The van der Waals surface area contributed by atoms with Crippen molar-refractivity contribution in [2.45, 2.75) is 0 Å². The highest BCUT2D eigenvalue weighted by molar-refractivity contribution is 5.98. The Morgan fingerprint density at radius 1 is 0.531 bits per heavy atom. The lowest BCUT2D eigenvalue weighted by Gasteiger charge is -2.07. The van der Waals surface area contributed by atoms with Crippen LogP contribution in [0.2, 0.25) is 0 Å². The maximum absolute atomic E-state index is 4.26. The molecule has 1 aromatic heterocycles. The van der Waals surface area contributed by atoms with Gasteiger partial charge in [0.25, 0.3) is 0 Å². The van der Waals surface area contributed by atoms with Crippen LogP contribution >= 0.6 is 0 Å². The lowest BCUT2D eigenvalue weighted by molar-refractivity contribution is 1.03. The topological polar surface area (TPSA) is 74.6 Å². The molecular weight excluding hydrogens is 396 g/mol. The van der Waals surface area contributed by atoms with E-state index in [9.17, 15) is 0 Å². The molecule has 4 aromatic rings. The van der Waals surface area contributed by atoms with Crippen molar-refractivity contribution in [3.8, 4) is 0 Å². The van der Waals surface area contributed by atoms with E-state index >= 15 is 0 Å². The van der Waals surface area contributed by atoms with E-state index in [0.29, 0.717) is 11.6 Å². The molecule has 0 bridgehead atoms. The molecule has 0 spiro atoms. The molecule has 0 aliphatic rings. The third kappa shape index (κ3) is 5.73. The van der Waals surface area contributed by atoms with Gasteiger partial charge in [-0.15, -0.1) is 10.2 Å². The van der Waals surface area contributed by atoms with Gasteiger partial charge in [-0.1, -0.05) is 97.1 Å². The molecule has 0 saturated heterocycles. The first-order valence-corrected chi connectivity index (χ1v) is 10.2. The first-order valence-electron chi connectivity index (χ1n) is 10.2. The summed E-state index contributed by atoms with van der Waals surface area (Å²) in [6.07, 6.45) is 11.0. The van der Waals surface area contributed by atoms with E-state index in [4.69, 9.17) is 0 Å². The highest BCUT2D eigenvalue weighted by Gasteiger charge is 2.07. The largest absolute Gasteiger partial charge is 0.259 e. The minimum absolute atomic E-state index is 0.573. The van der Waals surface area contributed by atoms with Gasteiger partial charge < -0.3 is 0 Å². The second-order valence-corrected chi connectivity index (χ2v) is 6.76. The van der Waals surface area contributed by atoms with Crippen molar-refractivity contribution in [2.75, 3.05) is 10.9 Å². The average Bonchev–Trinajstić information content (AvgIpc) is 2.86. The molecule has 0 fully saturated rings. The van der Waals surface area contributed by atoms with E-state index < -0.39 is 0 Å². The summed E-state index contributed by atoms with van der Waals surface area (Å²) in [5.74, 6) is 1.15. The summed E-state index contributed by atoms with van der Waals surface area (Å²) in [5, 5.41) is 18.8. The molecule has 32 heavy (non-hydrogen) atoms. The van der Waals surface area contributed by atoms with E-state index in [1.165, 1.54) is 0 Å². The fraction of sp³-hybridized carbons (Fsp3) is 0. The Morgan fingerprint density at radius 2 is 0.938 bits per heavy atom. The summed E-state index contributed by atoms with van der Waals surface area (Å²) in [6.45, 7) is 0. The molecule has 0 atom stereocenters. The van der Waals surface area contributed by atoms with Gasteiger partial charge in [0.15, 0.2) is 11.6 Å². The zero-order valence-corrected chi connectivity index (χ0v) is 17.3. The van der Waals surface area contributed by atoms with Crippen molar-refractivity contribution in [3.05, 3.63) is 108 Å². The van der Waals surface area contributed by atoms with Crippen LogP contribution in [0.3, 0.4) is 0 Å². The predicted molar refractivity (Wildman–Crippen MR) is 135 cm³/mol. The van der Waals surface area contributed by atoms with Crippen molar-refractivity contribution in [1.82, 2.24) is 10.2 Å². The number of anilines is 2. The second kappa shape index (κ2) is 11.0. The summed E-state index contributed by atoms with van der Waals surface area (Å²) in [5.41, 5.74) is 8.15. The Hall–Kier alpha value is -4.58. The zero-order chi connectivity index (χ0) is 21.8. The van der Waals surface area contributed by atoms with E-state index in [0.717, 1.165) is 21.9 Å². The summed E-state index contributed by atoms with van der Waals surface area (Å²) in [7, 11) is 0. The van der Waals surface area contributed by atoms with Crippen LogP contribution in [0, 0.1) is 0 Å². The lowest BCUT2D eigenvalue weighted by Crippen LogP contribution is -2.01. The van der Waals surface area contributed by atoms with Crippen LogP contribution in [0.4, 0.5) is 11.6 Å². The van der Waals surface area contributed by atoms with Crippen LogP contribution in [-0.4, -0.2) is 22.6 Å². The van der Waals surface area contributed by atoms with Crippen molar-refractivity contribution < 1.29 is 0 Å². The normalized spacial score (nSPS) is 11.9. The van der Waals surface area contributed by atoms with Crippen LogP contribution in [0.1, 0.15) is 11.1 Å². The quantitative estimate of drug-likeness (QED) is 0.278. The maximum atomic E-state index is 4.26. The standard InChI is InChI=1S/C26H22N6/c1-3-11-21(12-4-1)15-9-19-27-29-25-23-17-7-8-18-24(23)26(32-31-25)30-28-20-10-16-22-13-5-2-6-14-22/h1-20H,(H,29,31)(H,30,32). The SMILES string of the molecule is C(=Cc1ccccc1)C=NNc1nnc(NN=CC=Cc2ccccc2)c2ccccc12. The first kappa shape index (κ1) is 20.7. The van der Waals surface area contributed by atoms with Gasteiger partial charge >= 0.3 is 0 Å². The number of nitrogens with zero attached hydrogens (tertiary/aromatic N) is 4. The van der Waals surface area contributed by atoms with Gasteiger partial charge in [0.2, 0.25) is 0 Å². The molecule has 0 unspecified atom stereocenters. The number of hydrogen-bond donors (Lipinski definition) is 2. The van der Waals surface area contributed by atoms with Crippen LogP contribution in [0.5, 0.6) is 0 Å². The Morgan fingerprint density at radius 3 is 1.38 bits per heavy atom. The number of hydrogen-bond acceptors (Lipinski definition) is 6. The Kier molecular flexibility index (Phi) is 7.10. The van der Waals surface area contributed by atoms with Gasteiger partial charge in [-0.25, -0.2) is 0 Å². The van der Waals surface area contributed by atoms with Gasteiger partial charge in [-0.2, -0.15) is 10.2 Å². The molecular formula is C26H22N6. The van der Waals surface area contributed by atoms with Crippen molar-refractivity contribution >= 4 is 47.0 Å². The number of allylic oxidation sites excluding steroid dienone is 2. The van der Waals surface area contributed by atoms with E-state index in [-0.39, 0.29) is 0 Å². The molecule has 6 heteroatoms. The summed E-state index contributed by atoms with van der Waals surface area (Å²) < 4.78 is 0. The first-order chi connectivity index (χ1) is 15.9. The molecule has 2 N–H and O–H groups in total. The molecule has 0 radical (unpaired) electrons. The molecule has 6 nitrogen and oxygen atoms in total. The Labute approximate surface area is 186 Å². The number of fused-ring (bicyclic) bond motifs is 1. The molecule has 3 aromatic carbocycles. The number of benzene rings is 3. The van der Waals surface area contributed by atoms with Gasteiger partial charge in [0.05, 0.1) is 0 Å². The molecule has 1 heterocycles. The Bertz CT molecular complexity index is 1160. The monoisotopic (exact) mass is 418 g/mol. The molecule has 0 amide bonds. The molecule has 0 aliphatic carbocycles. The average molecular weight is 419 g/mol. The van der Waals surface area contributed by atoms with Gasteiger partial charge in [-0.05, 0) is 23.3 Å². The number of hydrazone groups is 2. The van der Waals surface area contributed by atoms with Gasteiger partial charge in [0.1, 0.15) is 0 Å². The fourth-order valence-corrected chi connectivity index (χ4v) is 2.99. The summed E-state index contributed by atoms with van der Waals surface area (Å²) in [4.78, 5) is 0. The van der Waals surface area contributed by atoms with Gasteiger partial charge in [-0.3, -0.25) is 10.9 Å². The van der Waals surface area contributed by atoms with Crippen LogP contribution in [0.15, 0.2) is 107 Å². The van der Waals surface area contributed by atoms with Crippen molar-refractivity contribution in [3.63, 3.8) is 0 Å². The third-order valence-electron chi connectivity index (χ3n) is 4.53. The third-order valence-corrected chi connectivity index (χ3v) is 4.53. The molecule has 4 rings (SSSR count). The predicted octanol–water partition coefficient (Wildman–Crippen LogP) is 5.85. The highest BCUT2D eigenvalue weighted by atomic mass is 15.4. The van der Waals surface area contributed by atoms with Crippen LogP contribution < -0.4 is 10.9 Å². The van der Waals surface area contributed by atoms with E-state index in [2.05, 4.69) is 31.3 Å². The second-order valence-electron chi connectivity index (χ2n) is 6.76. The van der Waals surface area contributed by atoms with Crippen molar-refractivity contribution in [2.24, 2.45) is 10.2 Å². The minimum Gasteiger partial charge on any atom is -0.259 e. The van der Waals surface area contributed by atoms with E-state index in [1.807, 2.05) is 109 Å². The zero-order valence-electron chi connectivity index (χ0n) is 17.3. The number of aromatic nitrogens is 2. The van der Waals surface area contributed by atoms with Crippen LogP contribution in [0.25, 0.3) is 22.9 Å². The number of nitrogens with one attached hydrogen (secondary N) is 2.